The minimum absolute atomic E-state index is 0.0279. The maximum atomic E-state index is 12.3. The molecule has 146 valence electrons. The lowest BCUT2D eigenvalue weighted by Crippen LogP contribution is -2.22. The van der Waals surface area contributed by atoms with Crippen molar-refractivity contribution in [1.29, 1.82) is 0 Å². The summed E-state index contributed by atoms with van der Waals surface area (Å²) in [5, 5.41) is 9.06. The van der Waals surface area contributed by atoms with Crippen LogP contribution in [0.15, 0.2) is 38.9 Å². The molecule has 0 bridgehead atoms. The Balaban J connectivity index is 1.92. The van der Waals surface area contributed by atoms with Gasteiger partial charge in [-0.15, -0.1) is 11.3 Å². The van der Waals surface area contributed by atoms with E-state index in [0.29, 0.717) is 22.3 Å². The third-order valence-electron chi connectivity index (χ3n) is 3.26. The van der Waals surface area contributed by atoms with Crippen LogP contribution in [0.5, 0.6) is 0 Å². The summed E-state index contributed by atoms with van der Waals surface area (Å²) in [5.41, 5.74) is 1.06. The molecule has 0 saturated heterocycles. The van der Waals surface area contributed by atoms with Crippen molar-refractivity contribution >= 4 is 50.7 Å². The van der Waals surface area contributed by atoms with Crippen LogP contribution in [0, 0.1) is 0 Å². The van der Waals surface area contributed by atoms with Gasteiger partial charge in [-0.25, -0.2) is 18.5 Å². The maximum absolute atomic E-state index is 12.3. The van der Waals surface area contributed by atoms with Crippen molar-refractivity contribution in [1.82, 2.24) is 4.98 Å². The minimum atomic E-state index is -3.77. The molecule has 0 spiro atoms. The van der Waals surface area contributed by atoms with Gasteiger partial charge in [0.05, 0.1) is 28.9 Å². The summed E-state index contributed by atoms with van der Waals surface area (Å²) in [4.78, 5) is 28.1. The fourth-order valence-corrected chi connectivity index (χ4v) is 4.46. The normalized spacial score (nSPS) is 12.4. The lowest BCUT2D eigenvalue weighted by Gasteiger charge is -2.10. The Morgan fingerprint density at radius 3 is 2.59 bits per heavy atom. The first-order valence-corrected chi connectivity index (χ1v) is 11.2. The van der Waals surface area contributed by atoms with Gasteiger partial charge >= 0.3 is 5.97 Å². The lowest BCUT2D eigenvalue weighted by molar-refractivity contribution is -0.142. The van der Waals surface area contributed by atoms with Gasteiger partial charge in [-0.1, -0.05) is 11.8 Å². The Morgan fingerprint density at radius 2 is 2.00 bits per heavy atom. The summed E-state index contributed by atoms with van der Waals surface area (Å²) in [6.45, 7) is 3.79. The number of hydrogen-bond acceptors (Lipinski definition) is 8. The zero-order chi connectivity index (χ0) is 20.0. The number of nitrogens with zero attached hydrogens (tertiary/aromatic N) is 1. The van der Waals surface area contributed by atoms with Crippen LogP contribution in [0.1, 0.15) is 19.5 Å². The van der Waals surface area contributed by atoms with Gasteiger partial charge < -0.3 is 10.1 Å². The second-order valence-corrected chi connectivity index (χ2v) is 9.41. The number of carbonyl (C=O) groups excluding carboxylic acids is 2. The summed E-state index contributed by atoms with van der Waals surface area (Å²) in [6, 6.07) is 5.59. The Morgan fingerprint density at radius 1 is 1.33 bits per heavy atom. The van der Waals surface area contributed by atoms with Crippen molar-refractivity contribution in [3.63, 3.8) is 0 Å². The number of ether oxygens (including phenoxy) is 1. The summed E-state index contributed by atoms with van der Waals surface area (Å²) < 4.78 is 28.0. The minimum Gasteiger partial charge on any atom is -0.466 e. The van der Waals surface area contributed by atoms with Crippen LogP contribution in [0.2, 0.25) is 0 Å². The summed E-state index contributed by atoms with van der Waals surface area (Å²) >= 11 is 2.62. The van der Waals surface area contributed by atoms with Gasteiger partial charge in [0, 0.05) is 11.1 Å². The van der Waals surface area contributed by atoms with Crippen LogP contribution in [-0.4, -0.2) is 37.1 Å². The topological polar surface area (TPSA) is 128 Å². The monoisotopic (exact) mass is 429 g/mol. The van der Waals surface area contributed by atoms with E-state index in [1.54, 1.807) is 19.2 Å². The number of primary sulfonamides is 1. The predicted octanol–water partition coefficient (Wildman–Crippen LogP) is 2.02. The molecule has 3 N–H and O–H groups in total. The van der Waals surface area contributed by atoms with Crippen molar-refractivity contribution in [2.45, 2.75) is 34.8 Å². The number of rotatable bonds is 8. The van der Waals surface area contributed by atoms with Crippen molar-refractivity contribution in [3.05, 3.63) is 35.3 Å². The SMILES string of the molecule is CCOC(=O)Cc1csc(S[C@H](C)C(=O)Nc2ccc(S(N)(=O)=O)cc2)n1. The van der Waals surface area contributed by atoms with Gasteiger partial charge in [-0.05, 0) is 38.1 Å². The van der Waals surface area contributed by atoms with E-state index in [-0.39, 0.29) is 23.2 Å². The summed E-state index contributed by atoms with van der Waals surface area (Å²) in [5.74, 6) is -0.599. The Bertz CT molecular complexity index is 910. The number of thiazole rings is 1. The number of thioether (sulfide) groups is 1. The van der Waals surface area contributed by atoms with Crippen LogP contribution >= 0.6 is 23.1 Å². The van der Waals surface area contributed by atoms with Gasteiger partial charge in [-0.3, -0.25) is 9.59 Å². The largest absolute Gasteiger partial charge is 0.466 e. The van der Waals surface area contributed by atoms with E-state index >= 15 is 0 Å². The molecule has 1 atom stereocenters. The highest BCUT2D eigenvalue weighted by Gasteiger charge is 2.18. The standard InChI is InChI=1S/C16H19N3O5S3/c1-3-24-14(20)8-12-9-25-16(19-12)26-10(2)15(21)18-11-4-6-13(7-5-11)27(17,22)23/h4-7,9-10H,3,8H2,1-2H3,(H,18,21)(H2,17,22,23)/t10-/m1/s1. The quantitative estimate of drug-likeness (QED) is 0.485. The van der Waals surface area contributed by atoms with Gasteiger partial charge in [0.1, 0.15) is 0 Å². The molecule has 1 amide bonds. The highest BCUT2D eigenvalue weighted by molar-refractivity contribution is 8.02. The van der Waals surface area contributed by atoms with Crippen molar-refractivity contribution < 1.29 is 22.7 Å². The Kier molecular flexibility index (Phi) is 7.36. The van der Waals surface area contributed by atoms with Gasteiger partial charge in [-0.2, -0.15) is 0 Å². The highest BCUT2D eigenvalue weighted by Crippen LogP contribution is 2.28. The molecule has 0 unspecified atom stereocenters. The van der Waals surface area contributed by atoms with Crippen molar-refractivity contribution in [2.24, 2.45) is 5.14 Å². The number of carbonyl (C=O) groups is 2. The molecule has 0 aliphatic carbocycles. The van der Waals surface area contributed by atoms with Crippen molar-refractivity contribution in [2.75, 3.05) is 11.9 Å². The van der Waals surface area contributed by atoms with Gasteiger partial charge in [0.2, 0.25) is 15.9 Å². The third kappa shape index (κ3) is 6.61. The van der Waals surface area contributed by atoms with Crippen LogP contribution in [-0.2, 0) is 30.8 Å². The van der Waals surface area contributed by atoms with Gasteiger partial charge in [0.25, 0.3) is 0 Å². The second-order valence-electron chi connectivity index (χ2n) is 5.41. The predicted molar refractivity (Wildman–Crippen MR) is 104 cm³/mol. The van der Waals surface area contributed by atoms with E-state index < -0.39 is 15.3 Å². The third-order valence-corrected chi connectivity index (χ3v) is 6.31. The molecule has 27 heavy (non-hydrogen) atoms. The van der Waals surface area contributed by atoms with Crippen LogP contribution in [0.25, 0.3) is 0 Å². The molecule has 1 aromatic carbocycles. The smallest absolute Gasteiger partial charge is 0.311 e. The van der Waals surface area contributed by atoms with Gasteiger partial charge in [0.15, 0.2) is 4.34 Å². The van der Waals surface area contributed by atoms with Crippen LogP contribution < -0.4 is 10.5 Å². The van der Waals surface area contributed by atoms with E-state index in [9.17, 15) is 18.0 Å². The molecule has 2 rings (SSSR count). The zero-order valence-electron chi connectivity index (χ0n) is 14.7. The van der Waals surface area contributed by atoms with Crippen molar-refractivity contribution in [3.8, 4) is 0 Å². The number of hydrogen-bond donors (Lipinski definition) is 2. The van der Waals surface area contributed by atoms with E-state index in [0.717, 1.165) is 0 Å². The number of benzene rings is 1. The highest BCUT2D eigenvalue weighted by atomic mass is 32.2. The molecule has 0 saturated carbocycles. The zero-order valence-corrected chi connectivity index (χ0v) is 17.1. The molecule has 1 heterocycles. The molecule has 0 aliphatic rings. The van der Waals surface area contributed by atoms with E-state index in [1.165, 1.54) is 47.4 Å². The number of sulfonamides is 1. The first-order chi connectivity index (χ1) is 12.7. The molecule has 0 radical (unpaired) electrons. The van der Waals surface area contributed by atoms with E-state index in [4.69, 9.17) is 9.88 Å². The number of anilines is 1. The average molecular weight is 430 g/mol. The lowest BCUT2D eigenvalue weighted by atomic mass is 10.3. The van der Waals surface area contributed by atoms with E-state index in [1.807, 2.05) is 0 Å². The molecule has 2 aromatic rings. The van der Waals surface area contributed by atoms with Crippen LogP contribution in [0.3, 0.4) is 0 Å². The fraction of sp³-hybridized carbons (Fsp3) is 0.312. The Hall–Kier alpha value is -1.95. The summed E-state index contributed by atoms with van der Waals surface area (Å²) in [6.07, 6.45) is 0.0991. The molecular weight excluding hydrogens is 410 g/mol. The summed E-state index contributed by atoms with van der Waals surface area (Å²) in [7, 11) is -3.77. The molecule has 0 aliphatic heterocycles. The first-order valence-electron chi connectivity index (χ1n) is 7.89. The number of amides is 1. The second kappa shape index (κ2) is 9.31. The van der Waals surface area contributed by atoms with E-state index in [2.05, 4.69) is 10.3 Å². The molecule has 8 nitrogen and oxygen atoms in total. The number of aromatic nitrogens is 1. The maximum Gasteiger partial charge on any atom is 0.311 e. The number of nitrogens with one attached hydrogen (secondary N) is 1. The number of nitrogens with two attached hydrogens (primary N) is 1. The Labute approximate surface area is 165 Å². The molecular formula is C16H19N3O5S3. The molecule has 11 heteroatoms. The van der Waals surface area contributed by atoms with Crippen LogP contribution in [0.4, 0.5) is 5.69 Å². The fourth-order valence-electron chi connectivity index (χ4n) is 1.96. The number of esters is 1. The first kappa shape index (κ1) is 21.4. The average Bonchev–Trinajstić information content (AvgIpc) is 3.01. The molecule has 0 fully saturated rings. The molecule has 1 aromatic heterocycles.